The van der Waals surface area contributed by atoms with Gasteiger partial charge in [0.05, 0.1) is 11.2 Å². The normalized spacial score (nSPS) is 24.7. The molecule has 3 heteroatoms. The van der Waals surface area contributed by atoms with Crippen LogP contribution in [-0.2, 0) is 9.31 Å². The highest BCUT2D eigenvalue weighted by molar-refractivity contribution is 6.54. The van der Waals surface area contributed by atoms with E-state index in [2.05, 4.69) is 47.6 Å². The summed E-state index contributed by atoms with van der Waals surface area (Å²) in [6, 6.07) is 0. The zero-order valence-electron chi connectivity index (χ0n) is 10.9. The molecule has 0 bridgehead atoms. The van der Waals surface area contributed by atoms with Gasteiger partial charge in [0.1, 0.15) is 0 Å². The zero-order chi connectivity index (χ0) is 11.7. The standard InChI is InChI=1S/C12H23BO2/c1-7-9-10(8-2)13-14-11(3,4)12(5,6)15-13/h9H,7-8H2,1-6H3. The molecule has 0 N–H and O–H groups in total. The molecule has 0 saturated carbocycles. The van der Waals surface area contributed by atoms with Gasteiger partial charge >= 0.3 is 7.12 Å². The first-order chi connectivity index (χ1) is 6.84. The topological polar surface area (TPSA) is 18.5 Å². The van der Waals surface area contributed by atoms with Crippen LogP contribution in [0.1, 0.15) is 54.4 Å². The van der Waals surface area contributed by atoms with Crippen molar-refractivity contribution in [3.05, 3.63) is 11.5 Å². The van der Waals surface area contributed by atoms with Gasteiger partial charge in [0.25, 0.3) is 0 Å². The lowest BCUT2D eigenvalue weighted by Crippen LogP contribution is -2.41. The van der Waals surface area contributed by atoms with Gasteiger partial charge in [-0.05, 0) is 46.0 Å². The molecule has 0 unspecified atom stereocenters. The quantitative estimate of drug-likeness (QED) is 0.665. The molecule has 15 heavy (non-hydrogen) atoms. The molecule has 0 aromatic heterocycles. The fourth-order valence-corrected chi connectivity index (χ4v) is 1.66. The summed E-state index contributed by atoms with van der Waals surface area (Å²) >= 11 is 0. The Labute approximate surface area is 94.2 Å². The van der Waals surface area contributed by atoms with Crippen LogP contribution in [-0.4, -0.2) is 18.3 Å². The molecule has 1 saturated heterocycles. The number of rotatable bonds is 3. The predicted molar refractivity (Wildman–Crippen MR) is 64.7 cm³/mol. The maximum absolute atomic E-state index is 5.98. The van der Waals surface area contributed by atoms with Crippen LogP contribution in [0.25, 0.3) is 0 Å². The Morgan fingerprint density at radius 1 is 1.07 bits per heavy atom. The molecule has 1 heterocycles. The van der Waals surface area contributed by atoms with E-state index in [1.165, 1.54) is 5.47 Å². The summed E-state index contributed by atoms with van der Waals surface area (Å²) in [6.45, 7) is 12.6. The fraction of sp³-hybridized carbons (Fsp3) is 0.833. The summed E-state index contributed by atoms with van der Waals surface area (Å²) in [5.74, 6) is 0. The van der Waals surface area contributed by atoms with Crippen molar-refractivity contribution in [1.29, 1.82) is 0 Å². The molecule has 0 atom stereocenters. The van der Waals surface area contributed by atoms with Crippen molar-refractivity contribution in [2.75, 3.05) is 0 Å². The number of hydrogen-bond acceptors (Lipinski definition) is 2. The maximum Gasteiger partial charge on any atom is 0.490 e. The Hall–Kier alpha value is -0.275. The van der Waals surface area contributed by atoms with E-state index in [0.717, 1.165) is 12.8 Å². The molecule has 2 nitrogen and oxygen atoms in total. The lowest BCUT2D eigenvalue weighted by atomic mass is 9.76. The van der Waals surface area contributed by atoms with Crippen molar-refractivity contribution in [3.8, 4) is 0 Å². The van der Waals surface area contributed by atoms with Crippen molar-refractivity contribution in [2.24, 2.45) is 0 Å². The van der Waals surface area contributed by atoms with Gasteiger partial charge in [0.15, 0.2) is 0 Å². The predicted octanol–water partition coefficient (Wildman–Crippen LogP) is 3.36. The first-order valence-corrected chi connectivity index (χ1v) is 5.88. The molecule has 0 aromatic rings. The van der Waals surface area contributed by atoms with E-state index in [1.54, 1.807) is 0 Å². The van der Waals surface area contributed by atoms with Gasteiger partial charge in [0, 0.05) is 0 Å². The van der Waals surface area contributed by atoms with Crippen LogP contribution in [0.4, 0.5) is 0 Å². The van der Waals surface area contributed by atoms with Gasteiger partial charge in [-0.3, -0.25) is 0 Å². The van der Waals surface area contributed by atoms with E-state index < -0.39 is 0 Å². The summed E-state index contributed by atoms with van der Waals surface area (Å²) in [5, 5.41) is 0. The van der Waals surface area contributed by atoms with Crippen LogP contribution in [0, 0.1) is 0 Å². The van der Waals surface area contributed by atoms with Gasteiger partial charge in [-0.15, -0.1) is 0 Å². The van der Waals surface area contributed by atoms with Crippen molar-refractivity contribution in [3.63, 3.8) is 0 Å². The van der Waals surface area contributed by atoms with E-state index in [9.17, 15) is 0 Å². The maximum atomic E-state index is 5.98. The molecule has 0 radical (unpaired) electrons. The largest absolute Gasteiger partial charge is 0.490 e. The summed E-state index contributed by atoms with van der Waals surface area (Å²) in [4.78, 5) is 0. The second kappa shape index (κ2) is 4.30. The lowest BCUT2D eigenvalue weighted by Gasteiger charge is -2.32. The molecule has 1 aliphatic heterocycles. The monoisotopic (exact) mass is 210 g/mol. The minimum Gasteiger partial charge on any atom is -0.400 e. The average molecular weight is 210 g/mol. The zero-order valence-corrected chi connectivity index (χ0v) is 10.9. The molecule has 1 aliphatic rings. The first-order valence-electron chi connectivity index (χ1n) is 5.88. The van der Waals surface area contributed by atoms with Crippen LogP contribution in [0.3, 0.4) is 0 Å². The third-order valence-corrected chi connectivity index (χ3v) is 3.43. The van der Waals surface area contributed by atoms with E-state index in [1.807, 2.05) is 0 Å². The van der Waals surface area contributed by atoms with Crippen molar-refractivity contribution in [2.45, 2.75) is 65.6 Å². The van der Waals surface area contributed by atoms with Crippen molar-refractivity contribution >= 4 is 7.12 Å². The summed E-state index contributed by atoms with van der Waals surface area (Å²) in [5.41, 5.74) is 0.815. The number of hydrogen-bond donors (Lipinski definition) is 0. The van der Waals surface area contributed by atoms with E-state index in [0.29, 0.717) is 0 Å². The molecule has 0 aliphatic carbocycles. The average Bonchev–Trinajstić information content (AvgIpc) is 2.32. The number of allylic oxidation sites excluding steroid dienone is 2. The van der Waals surface area contributed by atoms with E-state index >= 15 is 0 Å². The van der Waals surface area contributed by atoms with E-state index in [4.69, 9.17) is 9.31 Å². The van der Waals surface area contributed by atoms with Crippen LogP contribution in [0.2, 0.25) is 0 Å². The molecular formula is C12H23BO2. The fourth-order valence-electron chi connectivity index (χ4n) is 1.66. The van der Waals surface area contributed by atoms with Gasteiger partial charge < -0.3 is 9.31 Å². The van der Waals surface area contributed by atoms with Gasteiger partial charge in [-0.1, -0.05) is 19.9 Å². The molecule has 0 amide bonds. The first kappa shape index (κ1) is 12.8. The van der Waals surface area contributed by atoms with Crippen LogP contribution in [0.5, 0.6) is 0 Å². The Morgan fingerprint density at radius 3 is 1.87 bits per heavy atom. The molecule has 0 spiro atoms. The minimum absolute atomic E-state index is 0.153. The third-order valence-electron chi connectivity index (χ3n) is 3.43. The lowest BCUT2D eigenvalue weighted by molar-refractivity contribution is 0.00578. The Morgan fingerprint density at radius 2 is 1.53 bits per heavy atom. The van der Waals surface area contributed by atoms with Crippen LogP contribution < -0.4 is 0 Å². The van der Waals surface area contributed by atoms with Gasteiger partial charge in [-0.25, -0.2) is 0 Å². The Bertz CT molecular complexity index is 240. The summed E-state index contributed by atoms with van der Waals surface area (Å²) in [7, 11) is -0.153. The van der Waals surface area contributed by atoms with E-state index in [-0.39, 0.29) is 18.3 Å². The summed E-state index contributed by atoms with van der Waals surface area (Å²) in [6.07, 6.45) is 4.24. The highest BCUT2D eigenvalue weighted by atomic mass is 16.7. The molecular weight excluding hydrogens is 187 g/mol. The SMILES string of the molecule is CCC=C(CC)B1OC(C)(C)C(C)(C)O1. The second-order valence-corrected chi connectivity index (χ2v) is 5.13. The molecule has 1 fully saturated rings. The third kappa shape index (κ3) is 2.45. The smallest absolute Gasteiger partial charge is 0.400 e. The van der Waals surface area contributed by atoms with Crippen LogP contribution in [0.15, 0.2) is 11.5 Å². The van der Waals surface area contributed by atoms with Gasteiger partial charge in [0.2, 0.25) is 0 Å². The highest BCUT2D eigenvalue weighted by Crippen LogP contribution is 2.38. The Balaban J connectivity index is 2.82. The van der Waals surface area contributed by atoms with Gasteiger partial charge in [-0.2, -0.15) is 0 Å². The van der Waals surface area contributed by atoms with Crippen molar-refractivity contribution in [1.82, 2.24) is 0 Å². The van der Waals surface area contributed by atoms with Crippen molar-refractivity contribution < 1.29 is 9.31 Å². The molecule has 0 aromatic carbocycles. The highest BCUT2D eigenvalue weighted by Gasteiger charge is 2.51. The molecule has 1 rings (SSSR count). The van der Waals surface area contributed by atoms with Crippen LogP contribution >= 0.6 is 0 Å². The molecule has 86 valence electrons. The Kier molecular flexibility index (Phi) is 3.67. The summed E-state index contributed by atoms with van der Waals surface area (Å²) < 4.78 is 12.0. The minimum atomic E-state index is -0.223. The second-order valence-electron chi connectivity index (χ2n) is 5.13.